The van der Waals surface area contributed by atoms with E-state index in [4.69, 9.17) is 21.1 Å². The van der Waals surface area contributed by atoms with E-state index in [2.05, 4.69) is 74.5 Å². The van der Waals surface area contributed by atoms with Crippen LogP contribution in [0.4, 0.5) is 0 Å². The molecule has 0 radical (unpaired) electrons. The Bertz CT molecular complexity index is 1200. The van der Waals surface area contributed by atoms with Crippen LogP contribution in [0.1, 0.15) is 57.9 Å². The first kappa shape index (κ1) is 26.5. The number of benzene rings is 2. The SMILES string of the molecule is COc1cc(COC[C@H]2CC=C(Cl)[C@@H]2CCc2ccc(C(C)(C)c3ccccc3)cc2)sc1C(=O)O. The molecule has 0 spiro atoms. The van der Waals surface area contributed by atoms with Crippen molar-refractivity contribution in [2.45, 2.75) is 45.1 Å². The first-order chi connectivity index (χ1) is 17.3. The molecule has 4 rings (SSSR count). The van der Waals surface area contributed by atoms with E-state index in [1.165, 1.54) is 35.1 Å². The van der Waals surface area contributed by atoms with Gasteiger partial charge in [-0.15, -0.1) is 11.3 Å². The number of hydrogen-bond acceptors (Lipinski definition) is 4. The summed E-state index contributed by atoms with van der Waals surface area (Å²) < 4.78 is 11.2. The highest BCUT2D eigenvalue weighted by Crippen LogP contribution is 2.38. The molecule has 0 unspecified atom stereocenters. The van der Waals surface area contributed by atoms with Crippen molar-refractivity contribution in [2.75, 3.05) is 13.7 Å². The third kappa shape index (κ3) is 6.03. The summed E-state index contributed by atoms with van der Waals surface area (Å²) in [4.78, 5) is 12.4. The van der Waals surface area contributed by atoms with Crippen LogP contribution in [0, 0.1) is 11.8 Å². The van der Waals surface area contributed by atoms with Crippen molar-refractivity contribution in [1.29, 1.82) is 0 Å². The average molecular weight is 525 g/mol. The van der Waals surface area contributed by atoms with Crippen LogP contribution in [0.2, 0.25) is 0 Å². The molecule has 36 heavy (non-hydrogen) atoms. The molecule has 1 heterocycles. The first-order valence-electron chi connectivity index (χ1n) is 12.3. The van der Waals surface area contributed by atoms with Gasteiger partial charge in [-0.25, -0.2) is 4.79 Å². The van der Waals surface area contributed by atoms with Gasteiger partial charge in [-0.05, 0) is 53.9 Å². The Hall–Kier alpha value is -2.60. The van der Waals surface area contributed by atoms with E-state index in [0.717, 1.165) is 29.2 Å². The van der Waals surface area contributed by atoms with Gasteiger partial charge in [0.2, 0.25) is 0 Å². The lowest BCUT2D eigenvalue weighted by Crippen LogP contribution is -2.19. The Labute approximate surface area is 222 Å². The number of halogens is 1. The standard InChI is InChI=1S/C30H33ClO4S/c1-30(2,22-7-5-4-6-8-22)23-13-9-20(10-14-23)11-15-25-21(12-16-26(25)31)18-35-19-24-17-27(34-3)28(36-24)29(32)33/h4-10,13-14,16-17,21,25H,11-12,15,18-19H2,1-3H3,(H,32,33)/t21-,25-/m1/s1. The van der Waals surface area contributed by atoms with Gasteiger partial charge in [0.05, 0.1) is 20.3 Å². The van der Waals surface area contributed by atoms with E-state index in [1.807, 2.05) is 0 Å². The van der Waals surface area contributed by atoms with Crippen LogP contribution in [0.5, 0.6) is 5.75 Å². The molecule has 1 aliphatic carbocycles. The van der Waals surface area contributed by atoms with Crippen molar-refractivity contribution in [1.82, 2.24) is 0 Å². The van der Waals surface area contributed by atoms with Gasteiger partial charge in [0.25, 0.3) is 0 Å². The average Bonchev–Trinajstić information content (AvgIpc) is 3.46. The predicted molar refractivity (Wildman–Crippen MR) is 146 cm³/mol. The fourth-order valence-electron chi connectivity index (χ4n) is 4.90. The van der Waals surface area contributed by atoms with Crippen LogP contribution in [-0.2, 0) is 23.2 Å². The zero-order chi connectivity index (χ0) is 25.7. The zero-order valence-electron chi connectivity index (χ0n) is 21.0. The van der Waals surface area contributed by atoms with Gasteiger partial charge >= 0.3 is 5.97 Å². The Balaban J connectivity index is 1.31. The second kappa shape index (κ2) is 11.6. The van der Waals surface area contributed by atoms with Gasteiger partial charge in [-0.3, -0.25) is 0 Å². The highest BCUT2D eigenvalue weighted by Gasteiger charge is 2.29. The number of carboxylic acids is 1. The molecule has 0 fully saturated rings. The molecule has 2 atom stereocenters. The zero-order valence-corrected chi connectivity index (χ0v) is 22.6. The molecule has 4 nitrogen and oxygen atoms in total. The Morgan fingerprint density at radius 1 is 1.11 bits per heavy atom. The highest BCUT2D eigenvalue weighted by atomic mass is 35.5. The molecular formula is C30H33ClO4S. The molecule has 2 aromatic carbocycles. The number of rotatable bonds is 11. The van der Waals surface area contributed by atoms with Crippen LogP contribution in [0.3, 0.4) is 0 Å². The summed E-state index contributed by atoms with van der Waals surface area (Å²) in [5.41, 5.74) is 3.88. The summed E-state index contributed by atoms with van der Waals surface area (Å²) in [5.74, 6) is 0.00785. The minimum Gasteiger partial charge on any atom is -0.495 e. The first-order valence-corrected chi connectivity index (χ1v) is 13.5. The third-order valence-corrected chi connectivity index (χ3v) is 8.71. The number of carboxylic acid groups (broad SMARTS) is 1. The quantitative estimate of drug-likeness (QED) is 0.279. The second-order valence-electron chi connectivity index (χ2n) is 9.85. The maximum Gasteiger partial charge on any atom is 0.349 e. The van der Waals surface area contributed by atoms with E-state index in [0.29, 0.717) is 24.9 Å². The fraction of sp³-hybridized carbons (Fsp3) is 0.367. The molecule has 0 amide bonds. The number of allylic oxidation sites excluding steroid dienone is 2. The Kier molecular flexibility index (Phi) is 8.55. The summed E-state index contributed by atoms with van der Waals surface area (Å²) in [6, 6.07) is 21.3. The fourth-order valence-corrected chi connectivity index (χ4v) is 6.18. The lowest BCUT2D eigenvalue weighted by molar-refractivity contribution is 0.0699. The number of methoxy groups -OCH3 is 1. The van der Waals surface area contributed by atoms with Gasteiger partial charge < -0.3 is 14.6 Å². The number of thiophene rings is 1. The van der Waals surface area contributed by atoms with Gasteiger partial charge in [-0.2, -0.15) is 0 Å². The van der Waals surface area contributed by atoms with E-state index in [1.54, 1.807) is 6.07 Å². The maximum atomic E-state index is 11.3. The summed E-state index contributed by atoms with van der Waals surface area (Å²) in [6.07, 6.45) is 4.95. The monoisotopic (exact) mass is 524 g/mol. The summed E-state index contributed by atoms with van der Waals surface area (Å²) in [7, 11) is 1.48. The molecule has 0 saturated heterocycles. The Morgan fingerprint density at radius 3 is 2.44 bits per heavy atom. The largest absolute Gasteiger partial charge is 0.495 e. The van der Waals surface area contributed by atoms with E-state index in [-0.39, 0.29) is 16.2 Å². The Morgan fingerprint density at radius 2 is 1.81 bits per heavy atom. The topological polar surface area (TPSA) is 55.8 Å². The summed E-state index contributed by atoms with van der Waals surface area (Å²) in [5, 5.41) is 10.2. The van der Waals surface area contributed by atoms with Crippen molar-refractivity contribution in [3.05, 3.63) is 98.2 Å². The molecular weight excluding hydrogens is 492 g/mol. The molecule has 0 aliphatic heterocycles. The lowest BCUT2D eigenvalue weighted by atomic mass is 9.78. The van der Waals surface area contributed by atoms with Crippen molar-refractivity contribution in [3.63, 3.8) is 0 Å². The van der Waals surface area contributed by atoms with Crippen molar-refractivity contribution >= 4 is 28.9 Å². The van der Waals surface area contributed by atoms with E-state index in [9.17, 15) is 9.90 Å². The normalized spacial score (nSPS) is 17.7. The molecule has 1 aliphatic rings. The maximum absolute atomic E-state index is 11.3. The number of carbonyl (C=O) groups is 1. The lowest BCUT2D eigenvalue weighted by Gasteiger charge is -2.26. The van der Waals surface area contributed by atoms with Gasteiger partial charge in [0, 0.05) is 15.3 Å². The van der Waals surface area contributed by atoms with Crippen LogP contribution in [0.25, 0.3) is 0 Å². The van der Waals surface area contributed by atoms with Crippen LogP contribution < -0.4 is 4.74 Å². The molecule has 0 bridgehead atoms. The van der Waals surface area contributed by atoms with Gasteiger partial charge in [-0.1, -0.05) is 86.1 Å². The van der Waals surface area contributed by atoms with Gasteiger partial charge in [0.1, 0.15) is 5.75 Å². The molecule has 6 heteroatoms. The van der Waals surface area contributed by atoms with Crippen LogP contribution in [-0.4, -0.2) is 24.8 Å². The van der Waals surface area contributed by atoms with E-state index >= 15 is 0 Å². The molecule has 190 valence electrons. The molecule has 3 aromatic rings. The predicted octanol–water partition coefficient (Wildman–Crippen LogP) is 7.69. The van der Waals surface area contributed by atoms with Crippen molar-refractivity contribution in [2.24, 2.45) is 11.8 Å². The number of aryl methyl sites for hydroxylation is 1. The molecule has 1 aromatic heterocycles. The highest BCUT2D eigenvalue weighted by molar-refractivity contribution is 7.14. The third-order valence-electron chi connectivity index (χ3n) is 7.19. The minimum absolute atomic E-state index is 0.0441. The number of aromatic carboxylic acids is 1. The van der Waals surface area contributed by atoms with Crippen molar-refractivity contribution < 1.29 is 19.4 Å². The second-order valence-corrected chi connectivity index (χ2v) is 11.4. The molecule has 0 saturated carbocycles. The van der Waals surface area contributed by atoms with E-state index < -0.39 is 5.97 Å². The van der Waals surface area contributed by atoms with Crippen LogP contribution in [0.15, 0.2) is 71.8 Å². The minimum atomic E-state index is -0.980. The summed E-state index contributed by atoms with van der Waals surface area (Å²) in [6.45, 7) is 5.48. The number of hydrogen-bond donors (Lipinski definition) is 1. The van der Waals surface area contributed by atoms with Crippen LogP contribution >= 0.6 is 22.9 Å². The smallest absolute Gasteiger partial charge is 0.349 e. The van der Waals surface area contributed by atoms with Crippen molar-refractivity contribution in [3.8, 4) is 5.75 Å². The number of ether oxygens (including phenoxy) is 2. The van der Waals surface area contributed by atoms with Gasteiger partial charge in [0.15, 0.2) is 4.88 Å². The summed E-state index contributed by atoms with van der Waals surface area (Å²) >= 11 is 7.79. The molecule has 1 N–H and O–H groups in total.